The molecule has 0 atom stereocenters. The molecule has 0 radical (unpaired) electrons. The quantitative estimate of drug-likeness (QED) is 0.589. The topological polar surface area (TPSA) is 63.2 Å². The molecule has 3 aliphatic carbocycles. The number of carbonyl (C=O) groups is 3. The average molecular weight is 407 g/mol. The highest BCUT2D eigenvalue weighted by Gasteiger charge is 2.47. The van der Waals surface area contributed by atoms with Gasteiger partial charge in [0.2, 0.25) is 5.91 Å². The molecule has 4 rings (SSSR count). The van der Waals surface area contributed by atoms with Crippen molar-refractivity contribution in [2.24, 2.45) is 17.8 Å². The van der Waals surface area contributed by atoms with Crippen molar-refractivity contribution in [1.29, 1.82) is 0 Å². The van der Waals surface area contributed by atoms with E-state index in [0.717, 1.165) is 0 Å². The van der Waals surface area contributed by atoms with Crippen LogP contribution in [0.1, 0.15) is 36.8 Å². The molecule has 1 N–H and O–H groups in total. The largest absolute Gasteiger partial charge is 0.416 e. The van der Waals surface area contributed by atoms with Gasteiger partial charge in [0.05, 0.1) is 11.1 Å². The van der Waals surface area contributed by atoms with Crippen LogP contribution in [-0.4, -0.2) is 17.5 Å². The molecule has 3 fully saturated rings. The van der Waals surface area contributed by atoms with Gasteiger partial charge in [-0.05, 0) is 43.9 Å². The molecule has 0 aliphatic heterocycles. The highest BCUT2D eigenvalue weighted by atomic mass is 19.4. The summed E-state index contributed by atoms with van der Waals surface area (Å²) >= 11 is 0. The second-order valence-electron chi connectivity index (χ2n) is 7.07. The summed E-state index contributed by atoms with van der Waals surface area (Å²) in [7, 11) is 0. The van der Waals surface area contributed by atoms with Crippen LogP contribution in [0, 0.1) is 17.8 Å². The van der Waals surface area contributed by atoms with Gasteiger partial charge in [0, 0.05) is 17.5 Å². The number of fused-ring (bicyclic) bond motifs is 4. The minimum absolute atomic E-state index is 0.0716. The van der Waals surface area contributed by atoms with Gasteiger partial charge in [0.15, 0.2) is 17.5 Å². The third-order valence-electron chi connectivity index (χ3n) is 5.22. The number of benzene rings is 1. The summed E-state index contributed by atoms with van der Waals surface area (Å²) in [4.78, 5) is 37.4. The molecule has 0 spiro atoms. The molecule has 0 aromatic heterocycles. The van der Waals surface area contributed by atoms with Crippen molar-refractivity contribution in [3.05, 3.63) is 29.3 Å². The Hall–Kier alpha value is -2.39. The molecule has 0 saturated heterocycles. The molecule has 152 valence electrons. The van der Waals surface area contributed by atoms with Crippen LogP contribution in [0.15, 0.2) is 18.2 Å². The summed E-state index contributed by atoms with van der Waals surface area (Å²) < 4.78 is 77.6. The number of amides is 1. The monoisotopic (exact) mass is 407 g/mol. The predicted octanol–water partition coefficient (Wildman–Crippen LogP) is 4.24. The number of hydrogen-bond donors (Lipinski definition) is 1. The Morgan fingerprint density at radius 2 is 1.18 bits per heavy atom. The molecule has 4 nitrogen and oxygen atoms in total. The molecule has 0 heterocycles. The summed E-state index contributed by atoms with van der Waals surface area (Å²) in [5.74, 6) is -5.13. The highest BCUT2D eigenvalue weighted by Crippen LogP contribution is 2.40. The van der Waals surface area contributed by atoms with E-state index in [0.29, 0.717) is 37.8 Å². The second-order valence-corrected chi connectivity index (χ2v) is 7.07. The molecular formula is C18H15F6NO3. The number of ketones is 2. The Balaban J connectivity index is 1.93. The van der Waals surface area contributed by atoms with E-state index in [9.17, 15) is 40.7 Å². The summed E-state index contributed by atoms with van der Waals surface area (Å²) in [6.07, 6.45) is -8.37. The van der Waals surface area contributed by atoms with Crippen LogP contribution in [0.4, 0.5) is 32.0 Å². The molecule has 28 heavy (non-hydrogen) atoms. The number of hydrogen-bond acceptors (Lipinski definition) is 3. The van der Waals surface area contributed by atoms with E-state index in [-0.39, 0.29) is 6.07 Å². The van der Waals surface area contributed by atoms with Gasteiger partial charge in [-0.15, -0.1) is 0 Å². The van der Waals surface area contributed by atoms with Crippen LogP contribution in [0.25, 0.3) is 0 Å². The first-order valence-corrected chi connectivity index (χ1v) is 8.55. The lowest BCUT2D eigenvalue weighted by atomic mass is 9.84. The van der Waals surface area contributed by atoms with Crippen LogP contribution in [-0.2, 0) is 26.7 Å². The Morgan fingerprint density at radius 3 is 1.54 bits per heavy atom. The zero-order chi connectivity index (χ0) is 20.9. The van der Waals surface area contributed by atoms with Crippen molar-refractivity contribution in [3.63, 3.8) is 0 Å². The Kier molecular flexibility index (Phi) is 5.01. The third-order valence-corrected chi connectivity index (χ3v) is 5.22. The van der Waals surface area contributed by atoms with Crippen molar-refractivity contribution in [2.75, 3.05) is 5.32 Å². The van der Waals surface area contributed by atoms with Gasteiger partial charge in [-0.2, -0.15) is 26.3 Å². The van der Waals surface area contributed by atoms with Gasteiger partial charge < -0.3 is 5.32 Å². The number of Topliss-reactive ketones (excluding diaryl/α,β-unsaturated/α-hetero) is 2. The van der Waals surface area contributed by atoms with Gasteiger partial charge in [0.1, 0.15) is 0 Å². The molecular weight excluding hydrogens is 392 g/mol. The first-order valence-electron chi connectivity index (χ1n) is 8.55. The number of halogens is 6. The Bertz CT molecular complexity index is 765. The maximum Gasteiger partial charge on any atom is 0.416 e. The van der Waals surface area contributed by atoms with Crippen molar-refractivity contribution in [1.82, 2.24) is 0 Å². The van der Waals surface area contributed by atoms with E-state index in [4.69, 9.17) is 0 Å². The number of anilines is 1. The third kappa shape index (κ3) is 3.90. The lowest BCUT2D eigenvalue weighted by Crippen LogP contribution is -2.38. The molecule has 0 unspecified atom stereocenters. The Labute approximate surface area is 155 Å². The predicted molar refractivity (Wildman–Crippen MR) is 84.0 cm³/mol. The van der Waals surface area contributed by atoms with E-state index in [1.54, 1.807) is 0 Å². The maximum absolute atomic E-state index is 12.9. The molecule has 1 amide bonds. The van der Waals surface area contributed by atoms with Crippen LogP contribution in [0.2, 0.25) is 0 Å². The minimum Gasteiger partial charge on any atom is -0.325 e. The van der Waals surface area contributed by atoms with Crippen molar-refractivity contribution in [3.8, 4) is 0 Å². The van der Waals surface area contributed by atoms with Gasteiger partial charge in [-0.3, -0.25) is 14.4 Å². The normalized spacial score (nSPS) is 25.6. The van der Waals surface area contributed by atoms with Crippen molar-refractivity contribution in [2.45, 2.75) is 38.0 Å². The van der Waals surface area contributed by atoms with E-state index < -0.39 is 64.4 Å². The summed E-state index contributed by atoms with van der Waals surface area (Å²) in [5.41, 5.74) is -3.98. The smallest absolute Gasteiger partial charge is 0.325 e. The van der Waals surface area contributed by atoms with E-state index >= 15 is 0 Å². The second kappa shape index (κ2) is 6.89. The number of alkyl halides is 6. The minimum atomic E-state index is -5.08. The number of carbonyl (C=O) groups excluding carboxylic acids is 3. The van der Waals surface area contributed by atoms with Crippen LogP contribution >= 0.6 is 0 Å². The zero-order valence-corrected chi connectivity index (χ0v) is 14.3. The molecule has 3 aliphatic rings. The van der Waals surface area contributed by atoms with Crippen molar-refractivity contribution >= 4 is 23.2 Å². The van der Waals surface area contributed by atoms with Gasteiger partial charge in [-0.1, -0.05) is 0 Å². The molecule has 1 aromatic carbocycles. The summed E-state index contributed by atoms with van der Waals surface area (Å²) in [5, 5.41) is 1.91. The average Bonchev–Trinajstić information content (AvgIpc) is 2.78. The first-order chi connectivity index (χ1) is 12.9. The summed E-state index contributed by atoms with van der Waals surface area (Å²) in [6.45, 7) is 0. The van der Waals surface area contributed by atoms with Gasteiger partial charge in [-0.25, -0.2) is 0 Å². The van der Waals surface area contributed by atoms with Gasteiger partial charge in [0.25, 0.3) is 0 Å². The first kappa shape index (κ1) is 20.3. The fraction of sp³-hybridized carbons (Fsp3) is 0.500. The molecule has 10 heteroatoms. The highest BCUT2D eigenvalue weighted by molar-refractivity contribution is 6.23. The fourth-order valence-electron chi connectivity index (χ4n) is 3.77. The lowest BCUT2D eigenvalue weighted by Gasteiger charge is -2.19. The molecule has 2 bridgehead atoms. The van der Waals surface area contributed by atoms with Crippen molar-refractivity contribution < 1.29 is 40.7 Å². The lowest BCUT2D eigenvalue weighted by molar-refractivity contribution is -0.144. The SMILES string of the molecule is O=C(Nc1cc(C(F)(F)F)cc(C(F)(F)F)c1)C1C(=O)C2CCC(CC2)C1=O. The fourth-order valence-corrected chi connectivity index (χ4v) is 3.77. The maximum atomic E-state index is 12.9. The van der Waals surface area contributed by atoms with Crippen LogP contribution in [0.3, 0.4) is 0 Å². The standard InChI is InChI=1S/C18H15F6NO3/c19-17(20,21)10-5-11(18(22,23)24)7-12(6-10)25-16(28)13-14(26)8-1-2-9(4-3-8)15(13)27/h5-9,13H,1-4H2,(H,25,28). The molecule has 3 saturated carbocycles. The zero-order valence-electron chi connectivity index (χ0n) is 14.3. The van der Waals surface area contributed by atoms with Gasteiger partial charge >= 0.3 is 12.4 Å². The van der Waals surface area contributed by atoms with E-state index in [1.165, 1.54) is 0 Å². The summed E-state index contributed by atoms with van der Waals surface area (Å²) in [6, 6.07) is 0.610. The van der Waals surface area contributed by atoms with Crippen LogP contribution in [0.5, 0.6) is 0 Å². The van der Waals surface area contributed by atoms with Crippen LogP contribution < -0.4 is 5.32 Å². The number of rotatable bonds is 2. The molecule has 1 aromatic rings. The Morgan fingerprint density at radius 1 is 0.786 bits per heavy atom. The number of nitrogens with one attached hydrogen (secondary N) is 1. The van der Waals surface area contributed by atoms with E-state index in [2.05, 4.69) is 0 Å². The van der Waals surface area contributed by atoms with E-state index in [1.807, 2.05) is 5.32 Å².